The number of carboxylic acid groups (broad SMARTS) is 1. The summed E-state index contributed by atoms with van der Waals surface area (Å²) in [5.74, 6) is -10.9. The molecule has 0 fully saturated rings. The Morgan fingerprint density at radius 3 is 1.33 bits per heavy atom. The van der Waals surface area contributed by atoms with E-state index in [0.717, 1.165) is 0 Å². The van der Waals surface area contributed by atoms with E-state index in [-0.39, 0.29) is 120 Å². The van der Waals surface area contributed by atoms with E-state index in [1.807, 2.05) is 0 Å². The Labute approximate surface area is 518 Å². The van der Waals surface area contributed by atoms with Gasteiger partial charge in [0, 0.05) is 32.5 Å². The molecule has 0 aromatic heterocycles. The maximum Gasteiger partial charge on any atom is 0.326 e. The third-order valence-corrected chi connectivity index (χ3v) is 14.1. The van der Waals surface area contributed by atoms with E-state index >= 15 is 0 Å². The molecule has 0 saturated heterocycles. The van der Waals surface area contributed by atoms with Crippen LogP contribution in [-0.4, -0.2) is 161 Å². The molecule has 2 rings (SSSR count). The summed E-state index contributed by atoms with van der Waals surface area (Å²) in [6.07, 6.45) is -0.153. The number of primary amides is 1. The second-order valence-electron chi connectivity index (χ2n) is 22.5. The van der Waals surface area contributed by atoms with Gasteiger partial charge in [0.25, 0.3) is 0 Å². The summed E-state index contributed by atoms with van der Waals surface area (Å²) in [4.78, 5) is 150. The van der Waals surface area contributed by atoms with Crippen molar-refractivity contribution >= 4 is 77.0 Å². The highest BCUT2D eigenvalue weighted by molar-refractivity contribution is 5.98. The Bertz CT molecular complexity index is 2740. The average Bonchev–Trinajstić information content (AvgIpc) is 3.64. The number of nitrogens with two attached hydrogens (primary N) is 8. The van der Waals surface area contributed by atoms with Crippen LogP contribution in [0.1, 0.15) is 117 Å². The standard InChI is InChI=1S/C58H95N19O12/c1-7-33(6)46(54(87)73-41(55(88)89)18-13-27-69-58(65)66)77-50(83)39(17-12-26-68-57(63)64)72-53(86)45(32(4)5)76-52(85)43(30-34-14-9-8-10-15-34)75-51(84)42(28-31(2)3)74-48(81)38(16-11-25-67-56(61)62)71-49(82)40(23-24-44(60)79)70-47(80)37(59)29-35-19-21-36(78)22-20-35/h8-10,14-15,19-22,31-33,37-43,45-46,78H,7,11-13,16-18,23-30,59H2,1-6H3,(H2,60,79)(H,70,80)(H,71,82)(H,72,86)(H,73,87)(H,74,81)(H,75,84)(H,76,85)(H,77,83)(H,88,89)(H4,61,62,67)(H4,63,64,68)(H4,65,66,69)/t33-,37-,38-,39-,40-,41-,42-,43-,45-,46-/m0/s1. The number of aromatic hydroxyl groups is 1. The first-order chi connectivity index (χ1) is 41.9. The summed E-state index contributed by atoms with van der Waals surface area (Å²) >= 11 is 0. The lowest BCUT2D eigenvalue weighted by atomic mass is 9.96. The zero-order chi connectivity index (χ0) is 66.9. The SMILES string of the molecule is CC[C@H](C)[C@H](NC(=O)[C@H](CCCN=C(N)N)NC(=O)[C@@H](NC(=O)[C@H](Cc1ccccc1)NC(=O)[C@H](CC(C)C)NC(=O)[C@H](CCCN=C(N)N)NC(=O)[C@H](CCC(N)=O)NC(=O)[C@@H](N)Cc1ccc(O)cc1)C(C)C)C(=O)N[C@@H](CCCN=C(N)N)C(=O)O. The molecule has 2 aromatic rings. The van der Waals surface area contributed by atoms with Gasteiger partial charge in [0.1, 0.15) is 54.1 Å². The second kappa shape index (κ2) is 39.5. The van der Waals surface area contributed by atoms with Gasteiger partial charge in [-0.2, -0.15) is 0 Å². The number of guanidine groups is 3. The van der Waals surface area contributed by atoms with E-state index in [9.17, 15) is 58.2 Å². The van der Waals surface area contributed by atoms with Crippen molar-refractivity contribution < 1.29 is 58.2 Å². The molecule has 0 aliphatic carbocycles. The molecule has 10 atom stereocenters. The number of benzene rings is 2. The predicted molar refractivity (Wildman–Crippen MR) is 335 cm³/mol. The minimum atomic E-state index is -1.43. The smallest absolute Gasteiger partial charge is 0.326 e. The third kappa shape index (κ3) is 29.8. The number of phenolic OH excluding ortho intramolecular Hbond substituents is 1. The zero-order valence-electron chi connectivity index (χ0n) is 51.7. The monoisotopic (exact) mass is 1250 g/mol. The second-order valence-corrected chi connectivity index (χ2v) is 22.5. The predicted octanol–water partition coefficient (Wildman–Crippen LogP) is -3.36. The van der Waals surface area contributed by atoms with Gasteiger partial charge in [-0.1, -0.05) is 90.4 Å². The molecule has 494 valence electrons. The summed E-state index contributed by atoms with van der Waals surface area (Å²) in [6, 6.07) is 2.35. The van der Waals surface area contributed by atoms with E-state index in [4.69, 9.17) is 45.9 Å². The van der Waals surface area contributed by atoms with Crippen molar-refractivity contribution in [1.82, 2.24) is 42.5 Å². The summed E-state index contributed by atoms with van der Waals surface area (Å²) in [5, 5.41) is 40.9. The van der Waals surface area contributed by atoms with Crippen molar-refractivity contribution in [3.8, 4) is 5.75 Å². The Morgan fingerprint density at radius 2 is 0.854 bits per heavy atom. The van der Waals surface area contributed by atoms with Crippen molar-refractivity contribution in [3.05, 3.63) is 65.7 Å². The van der Waals surface area contributed by atoms with Crippen LogP contribution in [-0.2, 0) is 60.8 Å². The highest BCUT2D eigenvalue weighted by Gasteiger charge is 2.37. The number of aliphatic carboxylic acids is 1. The summed E-state index contributed by atoms with van der Waals surface area (Å²) < 4.78 is 0. The number of nitrogens with one attached hydrogen (secondary N) is 8. The lowest BCUT2D eigenvalue weighted by Gasteiger charge is -2.30. The van der Waals surface area contributed by atoms with Crippen LogP contribution in [0, 0.1) is 17.8 Å². The normalized spacial score (nSPS) is 14.4. The number of carbonyl (C=O) groups is 10. The van der Waals surface area contributed by atoms with Crippen LogP contribution in [0.3, 0.4) is 0 Å². The molecule has 0 heterocycles. The van der Waals surface area contributed by atoms with Crippen molar-refractivity contribution in [2.75, 3.05) is 19.6 Å². The van der Waals surface area contributed by atoms with Crippen LogP contribution < -0.4 is 88.4 Å². The molecule has 9 amide bonds. The third-order valence-electron chi connectivity index (χ3n) is 14.1. The number of hydrogen-bond acceptors (Lipinski definition) is 15. The van der Waals surface area contributed by atoms with Crippen LogP contribution in [0.2, 0.25) is 0 Å². The van der Waals surface area contributed by atoms with Crippen molar-refractivity contribution in [2.45, 2.75) is 173 Å². The number of hydrogen-bond donors (Lipinski definition) is 18. The van der Waals surface area contributed by atoms with Crippen LogP contribution >= 0.6 is 0 Å². The lowest BCUT2D eigenvalue weighted by Crippen LogP contribution is -2.61. The van der Waals surface area contributed by atoms with Gasteiger partial charge in [0.2, 0.25) is 53.2 Å². The molecule has 0 aliphatic heterocycles. The molecule has 0 saturated carbocycles. The molecule has 0 aliphatic rings. The number of nitrogens with zero attached hydrogens (tertiary/aromatic N) is 3. The number of aliphatic imine (C=N–C) groups is 3. The van der Waals surface area contributed by atoms with Gasteiger partial charge in [-0.25, -0.2) is 4.79 Å². The van der Waals surface area contributed by atoms with Gasteiger partial charge in [-0.05, 0) is 98.8 Å². The first-order valence-corrected chi connectivity index (χ1v) is 29.6. The largest absolute Gasteiger partial charge is 0.508 e. The number of phenols is 1. The van der Waals surface area contributed by atoms with Gasteiger partial charge in [0.15, 0.2) is 17.9 Å². The fourth-order valence-electron chi connectivity index (χ4n) is 8.97. The molecule has 0 radical (unpaired) electrons. The fourth-order valence-corrected chi connectivity index (χ4v) is 8.97. The molecular formula is C58H95N19O12. The molecule has 31 heteroatoms. The van der Waals surface area contributed by atoms with Gasteiger partial charge >= 0.3 is 5.97 Å². The summed E-state index contributed by atoms with van der Waals surface area (Å²) in [5.41, 5.74) is 45.8. The minimum absolute atomic E-state index is 0.00488. The fraction of sp³-hybridized carbons (Fsp3) is 0.569. The molecule has 26 N–H and O–H groups in total. The molecule has 0 bridgehead atoms. The van der Waals surface area contributed by atoms with Gasteiger partial charge in [-0.15, -0.1) is 0 Å². The van der Waals surface area contributed by atoms with E-state index in [0.29, 0.717) is 17.5 Å². The van der Waals surface area contributed by atoms with Gasteiger partial charge in [0.05, 0.1) is 6.04 Å². The molecule has 0 unspecified atom stereocenters. The number of rotatable bonds is 41. The average molecular weight is 1250 g/mol. The maximum absolute atomic E-state index is 14.7. The van der Waals surface area contributed by atoms with Gasteiger partial charge in [-0.3, -0.25) is 58.1 Å². The highest BCUT2D eigenvalue weighted by Crippen LogP contribution is 2.16. The molecule has 31 nitrogen and oxygen atoms in total. The van der Waals surface area contributed by atoms with Gasteiger partial charge < -0.3 is 98.6 Å². The Kier molecular flexibility index (Phi) is 33.6. The van der Waals surface area contributed by atoms with Crippen molar-refractivity contribution in [1.29, 1.82) is 0 Å². The van der Waals surface area contributed by atoms with E-state index in [1.54, 1.807) is 84.0 Å². The number of amides is 9. The van der Waals surface area contributed by atoms with E-state index < -0.39 is 125 Å². The van der Waals surface area contributed by atoms with E-state index in [1.165, 1.54) is 12.1 Å². The van der Waals surface area contributed by atoms with Crippen molar-refractivity contribution in [2.24, 2.45) is 78.6 Å². The molecule has 2 aromatic carbocycles. The maximum atomic E-state index is 14.7. The quantitative estimate of drug-likeness (QED) is 0.0176. The van der Waals surface area contributed by atoms with E-state index in [2.05, 4.69) is 57.5 Å². The molecule has 89 heavy (non-hydrogen) atoms. The number of carbonyl (C=O) groups excluding carboxylic acids is 9. The Balaban J connectivity index is 2.53. The summed E-state index contributed by atoms with van der Waals surface area (Å²) in [6.45, 7) is 10.4. The number of carboxylic acids is 1. The highest BCUT2D eigenvalue weighted by atomic mass is 16.4. The molecule has 0 spiro atoms. The topological polar surface area (TPSA) is 553 Å². The first-order valence-electron chi connectivity index (χ1n) is 29.6. The van der Waals surface area contributed by atoms with Crippen LogP contribution in [0.4, 0.5) is 0 Å². The Hall–Kier alpha value is -9.29. The lowest BCUT2D eigenvalue weighted by molar-refractivity contribution is -0.143. The molecular weight excluding hydrogens is 1150 g/mol. The summed E-state index contributed by atoms with van der Waals surface area (Å²) in [7, 11) is 0. The zero-order valence-corrected chi connectivity index (χ0v) is 51.7. The Morgan fingerprint density at radius 1 is 0.461 bits per heavy atom. The minimum Gasteiger partial charge on any atom is -0.508 e. The van der Waals surface area contributed by atoms with Crippen LogP contribution in [0.5, 0.6) is 5.75 Å². The van der Waals surface area contributed by atoms with Crippen molar-refractivity contribution in [3.63, 3.8) is 0 Å². The van der Waals surface area contributed by atoms with Crippen LogP contribution in [0.25, 0.3) is 0 Å². The first kappa shape index (κ1) is 75.8. The van der Waals surface area contributed by atoms with Crippen LogP contribution in [0.15, 0.2) is 69.6 Å².